The number of carbonyl (C=O) groups excluding carboxylic acids is 1. The number of hydrogen-bond acceptors (Lipinski definition) is 2. The van der Waals surface area contributed by atoms with E-state index in [0.29, 0.717) is 0 Å². The van der Waals surface area contributed by atoms with Gasteiger partial charge >= 0.3 is 0 Å². The third-order valence-corrected chi connectivity index (χ3v) is 4.28. The molecule has 3 aromatic rings. The standard InChI is InChI=1S/C19H19N3O/c1-12-3-6-14(7-4-12)17-18(21-19(23)15-8-9-15)22-11-13(2)5-10-16(22)20-17/h3-7,10-11,15H,8-9H2,1-2H3,(H,21,23). The Morgan fingerprint density at radius 3 is 2.48 bits per heavy atom. The Morgan fingerprint density at radius 1 is 1.09 bits per heavy atom. The van der Waals surface area contributed by atoms with Gasteiger partial charge in [0.1, 0.15) is 17.2 Å². The molecule has 1 amide bonds. The summed E-state index contributed by atoms with van der Waals surface area (Å²) in [5, 5.41) is 3.10. The van der Waals surface area contributed by atoms with Crippen molar-refractivity contribution in [3.05, 3.63) is 53.7 Å². The van der Waals surface area contributed by atoms with Crippen molar-refractivity contribution < 1.29 is 4.79 Å². The SMILES string of the molecule is Cc1ccc(-c2nc3ccc(C)cn3c2NC(=O)C2CC2)cc1. The Balaban J connectivity index is 1.87. The summed E-state index contributed by atoms with van der Waals surface area (Å²) in [6.45, 7) is 4.10. The van der Waals surface area contributed by atoms with Gasteiger partial charge in [-0.25, -0.2) is 4.98 Å². The first kappa shape index (κ1) is 14.0. The van der Waals surface area contributed by atoms with Gasteiger partial charge in [0.2, 0.25) is 5.91 Å². The molecule has 4 heteroatoms. The summed E-state index contributed by atoms with van der Waals surface area (Å²) in [5.74, 6) is 1.03. The predicted octanol–water partition coefficient (Wildman–Crippen LogP) is 3.97. The van der Waals surface area contributed by atoms with Crippen molar-refractivity contribution in [2.75, 3.05) is 5.32 Å². The van der Waals surface area contributed by atoms with Gasteiger partial charge in [-0.2, -0.15) is 0 Å². The highest BCUT2D eigenvalue weighted by molar-refractivity contribution is 5.97. The summed E-state index contributed by atoms with van der Waals surface area (Å²) < 4.78 is 1.98. The van der Waals surface area contributed by atoms with E-state index in [1.165, 1.54) is 5.56 Å². The zero-order valence-corrected chi connectivity index (χ0v) is 13.3. The first-order chi connectivity index (χ1) is 11.1. The van der Waals surface area contributed by atoms with E-state index in [2.05, 4.69) is 36.5 Å². The minimum Gasteiger partial charge on any atom is -0.310 e. The Bertz CT molecular complexity index is 889. The molecule has 0 atom stereocenters. The van der Waals surface area contributed by atoms with Gasteiger partial charge in [0.25, 0.3) is 0 Å². The van der Waals surface area contributed by atoms with Crippen molar-refractivity contribution in [1.82, 2.24) is 9.38 Å². The highest BCUT2D eigenvalue weighted by Gasteiger charge is 2.31. The molecule has 0 saturated heterocycles. The third-order valence-electron chi connectivity index (χ3n) is 4.28. The zero-order valence-electron chi connectivity index (χ0n) is 13.3. The lowest BCUT2D eigenvalue weighted by atomic mass is 10.1. The van der Waals surface area contributed by atoms with Crippen molar-refractivity contribution >= 4 is 17.4 Å². The number of benzene rings is 1. The van der Waals surface area contributed by atoms with Gasteiger partial charge in [0.15, 0.2) is 0 Å². The number of pyridine rings is 1. The second kappa shape index (κ2) is 5.23. The molecule has 1 fully saturated rings. The van der Waals surface area contributed by atoms with Crippen molar-refractivity contribution in [3.8, 4) is 11.3 Å². The topological polar surface area (TPSA) is 46.4 Å². The summed E-state index contributed by atoms with van der Waals surface area (Å²) in [6, 6.07) is 12.3. The number of imidazole rings is 1. The first-order valence-electron chi connectivity index (χ1n) is 7.98. The summed E-state index contributed by atoms with van der Waals surface area (Å²) >= 11 is 0. The maximum absolute atomic E-state index is 12.3. The van der Waals surface area contributed by atoms with Crippen LogP contribution in [-0.4, -0.2) is 15.3 Å². The van der Waals surface area contributed by atoms with E-state index >= 15 is 0 Å². The molecule has 4 rings (SSSR count). The first-order valence-corrected chi connectivity index (χ1v) is 7.98. The molecule has 2 heterocycles. The van der Waals surface area contributed by atoms with E-state index in [4.69, 9.17) is 4.98 Å². The molecule has 116 valence electrons. The highest BCUT2D eigenvalue weighted by Crippen LogP contribution is 2.33. The van der Waals surface area contributed by atoms with Gasteiger partial charge in [-0.1, -0.05) is 35.9 Å². The second-order valence-electron chi connectivity index (χ2n) is 6.37. The summed E-state index contributed by atoms with van der Waals surface area (Å²) in [4.78, 5) is 17.0. The van der Waals surface area contributed by atoms with Crippen LogP contribution in [0, 0.1) is 19.8 Å². The number of fused-ring (bicyclic) bond motifs is 1. The lowest BCUT2D eigenvalue weighted by molar-refractivity contribution is -0.117. The van der Waals surface area contributed by atoms with E-state index in [9.17, 15) is 4.79 Å². The number of anilines is 1. The monoisotopic (exact) mass is 305 g/mol. The van der Waals surface area contributed by atoms with E-state index < -0.39 is 0 Å². The number of rotatable bonds is 3. The molecule has 1 saturated carbocycles. The fourth-order valence-corrected chi connectivity index (χ4v) is 2.75. The molecule has 23 heavy (non-hydrogen) atoms. The van der Waals surface area contributed by atoms with E-state index in [1.807, 2.05) is 29.7 Å². The minimum atomic E-state index is 0.0988. The Morgan fingerprint density at radius 2 is 1.78 bits per heavy atom. The molecule has 0 unspecified atom stereocenters. The van der Waals surface area contributed by atoms with Crippen LogP contribution < -0.4 is 5.32 Å². The number of carbonyl (C=O) groups is 1. The van der Waals surface area contributed by atoms with Crippen LogP contribution in [0.1, 0.15) is 24.0 Å². The van der Waals surface area contributed by atoms with Crippen molar-refractivity contribution in [1.29, 1.82) is 0 Å². The van der Waals surface area contributed by atoms with Gasteiger partial charge in [0, 0.05) is 17.7 Å². The number of nitrogens with zero attached hydrogens (tertiary/aromatic N) is 2. The highest BCUT2D eigenvalue weighted by atomic mass is 16.2. The molecular weight excluding hydrogens is 286 g/mol. The van der Waals surface area contributed by atoms with Crippen LogP contribution in [0.4, 0.5) is 5.82 Å². The maximum Gasteiger partial charge on any atom is 0.228 e. The van der Waals surface area contributed by atoms with E-state index in [0.717, 1.165) is 41.1 Å². The molecule has 0 aliphatic heterocycles. The quantitative estimate of drug-likeness (QED) is 0.796. The minimum absolute atomic E-state index is 0.0988. The molecule has 2 aromatic heterocycles. The van der Waals surface area contributed by atoms with Crippen molar-refractivity contribution in [2.24, 2.45) is 5.92 Å². The fourth-order valence-electron chi connectivity index (χ4n) is 2.75. The summed E-state index contributed by atoms with van der Waals surface area (Å²) in [7, 11) is 0. The molecule has 0 bridgehead atoms. The molecule has 0 spiro atoms. The largest absolute Gasteiger partial charge is 0.310 e. The zero-order chi connectivity index (χ0) is 16.0. The van der Waals surface area contributed by atoms with Gasteiger partial charge in [-0.15, -0.1) is 0 Å². The maximum atomic E-state index is 12.3. The van der Waals surface area contributed by atoms with E-state index in [-0.39, 0.29) is 11.8 Å². The number of hydrogen-bond donors (Lipinski definition) is 1. The molecule has 1 aromatic carbocycles. The Labute approximate surface area is 135 Å². The molecule has 4 nitrogen and oxygen atoms in total. The fraction of sp³-hybridized carbons (Fsp3) is 0.263. The number of aromatic nitrogens is 2. The molecule has 0 radical (unpaired) electrons. The molecular formula is C19H19N3O. The second-order valence-corrected chi connectivity index (χ2v) is 6.37. The Kier molecular flexibility index (Phi) is 3.18. The molecule has 1 aliphatic carbocycles. The van der Waals surface area contributed by atoms with Crippen LogP contribution >= 0.6 is 0 Å². The van der Waals surface area contributed by atoms with Crippen LogP contribution in [0.5, 0.6) is 0 Å². The molecule has 1 N–H and O–H groups in total. The van der Waals surface area contributed by atoms with Gasteiger partial charge in [-0.05, 0) is 38.3 Å². The lowest BCUT2D eigenvalue weighted by Crippen LogP contribution is -2.15. The normalized spacial score (nSPS) is 14.2. The van der Waals surface area contributed by atoms with Gasteiger partial charge in [0.05, 0.1) is 0 Å². The summed E-state index contributed by atoms with van der Waals surface area (Å²) in [6.07, 6.45) is 3.99. The molecule has 1 aliphatic rings. The van der Waals surface area contributed by atoms with Crippen LogP contribution in [0.15, 0.2) is 42.6 Å². The smallest absolute Gasteiger partial charge is 0.228 e. The summed E-state index contributed by atoms with van der Waals surface area (Å²) in [5.41, 5.74) is 5.02. The van der Waals surface area contributed by atoms with Crippen LogP contribution in [0.3, 0.4) is 0 Å². The van der Waals surface area contributed by atoms with Gasteiger partial charge < -0.3 is 5.32 Å². The average molecular weight is 305 g/mol. The van der Waals surface area contributed by atoms with Crippen molar-refractivity contribution in [2.45, 2.75) is 26.7 Å². The van der Waals surface area contributed by atoms with Crippen LogP contribution in [-0.2, 0) is 4.79 Å². The third kappa shape index (κ3) is 2.61. The lowest BCUT2D eigenvalue weighted by Gasteiger charge is -2.08. The predicted molar refractivity (Wildman–Crippen MR) is 91.5 cm³/mol. The number of aryl methyl sites for hydroxylation is 2. The average Bonchev–Trinajstić information content (AvgIpc) is 3.33. The Hall–Kier alpha value is -2.62. The van der Waals surface area contributed by atoms with Crippen LogP contribution in [0.25, 0.3) is 16.9 Å². The number of nitrogens with one attached hydrogen (secondary N) is 1. The van der Waals surface area contributed by atoms with Gasteiger partial charge in [-0.3, -0.25) is 9.20 Å². The van der Waals surface area contributed by atoms with E-state index in [1.54, 1.807) is 0 Å². The number of amides is 1. The van der Waals surface area contributed by atoms with Crippen molar-refractivity contribution in [3.63, 3.8) is 0 Å². The van der Waals surface area contributed by atoms with Crippen LogP contribution in [0.2, 0.25) is 0 Å².